The lowest BCUT2D eigenvalue weighted by Gasteiger charge is -2.39. The van der Waals surface area contributed by atoms with Crippen molar-refractivity contribution in [1.82, 2.24) is 5.32 Å². The summed E-state index contributed by atoms with van der Waals surface area (Å²) in [5, 5.41) is 3.63. The van der Waals surface area contributed by atoms with E-state index in [0.29, 0.717) is 6.61 Å². The zero-order chi connectivity index (χ0) is 14.2. The Balaban J connectivity index is 1.75. The first-order valence-electron chi connectivity index (χ1n) is 7.07. The van der Waals surface area contributed by atoms with E-state index in [0.717, 1.165) is 23.6 Å². The van der Waals surface area contributed by atoms with E-state index in [2.05, 4.69) is 42.6 Å². The Morgan fingerprint density at radius 3 is 2.50 bits per heavy atom. The second-order valence-corrected chi connectivity index (χ2v) is 5.75. The number of nitrogens with one attached hydrogen (secondary N) is 1. The largest absolute Gasteiger partial charge is 0.466 e. The van der Waals surface area contributed by atoms with Crippen molar-refractivity contribution >= 4 is 0 Å². The van der Waals surface area contributed by atoms with E-state index < -0.39 is 0 Å². The summed E-state index contributed by atoms with van der Waals surface area (Å²) in [4.78, 5) is 0. The van der Waals surface area contributed by atoms with Crippen LogP contribution in [-0.2, 0) is 10.3 Å². The Labute approximate surface area is 119 Å². The highest BCUT2D eigenvalue weighted by atomic mass is 16.5. The Morgan fingerprint density at radius 2 is 1.95 bits per heavy atom. The van der Waals surface area contributed by atoms with Gasteiger partial charge in [-0.25, -0.2) is 0 Å². The van der Waals surface area contributed by atoms with Crippen molar-refractivity contribution in [3.8, 4) is 0 Å². The van der Waals surface area contributed by atoms with Gasteiger partial charge in [0.1, 0.15) is 11.5 Å². The topological polar surface area (TPSA) is 34.4 Å². The average molecular weight is 271 g/mol. The van der Waals surface area contributed by atoms with Crippen LogP contribution in [0, 0.1) is 13.8 Å². The molecular weight excluding hydrogens is 250 g/mol. The molecule has 2 atom stereocenters. The van der Waals surface area contributed by atoms with Crippen LogP contribution in [0.25, 0.3) is 0 Å². The van der Waals surface area contributed by atoms with Crippen LogP contribution in [-0.4, -0.2) is 13.2 Å². The molecule has 1 aliphatic heterocycles. The Kier molecular flexibility index (Phi) is 3.40. The van der Waals surface area contributed by atoms with Crippen molar-refractivity contribution in [3.05, 3.63) is 59.0 Å². The zero-order valence-corrected chi connectivity index (χ0v) is 12.3. The summed E-state index contributed by atoms with van der Waals surface area (Å²) in [6.45, 7) is 7.61. The Hall–Kier alpha value is -1.58. The van der Waals surface area contributed by atoms with Crippen molar-refractivity contribution in [1.29, 1.82) is 0 Å². The van der Waals surface area contributed by atoms with Crippen molar-refractivity contribution < 1.29 is 9.15 Å². The van der Waals surface area contributed by atoms with Crippen molar-refractivity contribution in [2.75, 3.05) is 13.2 Å². The smallest absolute Gasteiger partial charge is 0.106 e. The van der Waals surface area contributed by atoms with Gasteiger partial charge in [-0.2, -0.15) is 0 Å². The molecule has 1 aromatic carbocycles. The normalized spacial score (nSPS) is 26.6. The van der Waals surface area contributed by atoms with Gasteiger partial charge in [0.05, 0.1) is 18.2 Å². The number of benzene rings is 1. The molecule has 0 aliphatic carbocycles. The molecule has 0 bridgehead atoms. The van der Waals surface area contributed by atoms with Gasteiger partial charge in [-0.15, -0.1) is 0 Å². The molecule has 1 aromatic heterocycles. The molecule has 106 valence electrons. The van der Waals surface area contributed by atoms with Gasteiger partial charge in [-0.3, -0.25) is 0 Å². The molecule has 0 saturated carbocycles. The lowest BCUT2D eigenvalue weighted by molar-refractivity contribution is -0.0313. The van der Waals surface area contributed by atoms with Gasteiger partial charge < -0.3 is 14.5 Å². The fourth-order valence-electron chi connectivity index (χ4n) is 2.86. The van der Waals surface area contributed by atoms with Crippen molar-refractivity contribution in [2.24, 2.45) is 0 Å². The van der Waals surface area contributed by atoms with E-state index >= 15 is 0 Å². The molecule has 0 radical (unpaired) electrons. The zero-order valence-electron chi connectivity index (χ0n) is 12.3. The van der Waals surface area contributed by atoms with Crippen LogP contribution in [0.5, 0.6) is 0 Å². The lowest BCUT2D eigenvalue weighted by Crippen LogP contribution is -2.50. The van der Waals surface area contributed by atoms with Crippen LogP contribution in [0.2, 0.25) is 0 Å². The van der Waals surface area contributed by atoms with Crippen LogP contribution in [0.1, 0.15) is 35.7 Å². The van der Waals surface area contributed by atoms with E-state index in [9.17, 15) is 0 Å². The SMILES string of the molecule is Cc1cc(C2CNC(C)(c3ccccc3)CO2)c(C)o1. The second-order valence-electron chi connectivity index (χ2n) is 5.75. The molecule has 2 heterocycles. The minimum Gasteiger partial charge on any atom is -0.466 e. The number of rotatable bonds is 2. The summed E-state index contributed by atoms with van der Waals surface area (Å²) >= 11 is 0. The molecule has 20 heavy (non-hydrogen) atoms. The van der Waals surface area contributed by atoms with Gasteiger partial charge in [0, 0.05) is 12.1 Å². The van der Waals surface area contributed by atoms with Gasteiger partial charge in [-0.05, 0) is 32.4 Å². The van der Waals surface area contributed by atoms with E-state index in [1.165, 1.54) is 5.56 Å². The van der Waals surface area contributed by atoms with Crippen LogP contribution in [0.3, 0.4) is 0 Å². The van der Waals surface area contributed by atoms with E-state index in [1.54, 1.807) is 0 Å². The molecule has 1 aliphatic rings. The molecule has 2 aromatic rings. The van der Waals surface area contributed by atoms with E-state index in [1.807, 2.05) is 19.9 Å². The summed E-state index contributed by atoms with van der Waals surface area (Å²) in [6, 6.07) is 12.5. The Bertz CT molecular complexity index is 580. The van der Waals surface area contributed by atoms with Gasteiger partial charge in [0.2, 0.25) is 0 Å². The minimum atomic E-state index is -0.121. The maximum Gasteiger partial charge on any atom is 0.106 e. The number of hydrogen-bond acceptors (Lipinski definition) is 3. The summed E-state index contributed by atoms with van der Waals surface area (Å²) in [5.74, 6) is 1.90. The number of morpholine rings is 1. The highest BCUT2D eigenvalue weighted by Gasteiger charge is 2.34. The first-order chi connectivity index (χ1) is 9.58. The molecule has 0 spiro atoms. The molecule has 3 nitrogen and oxygen atoms in total. The average Bonchev–Trinajstić information content (AvgIpc) is 2.80. The first kappa shape index (κ1) is 13.4. The van der Waals surface area contributed by atoms with Gasteiger partial charge in [0.15, 0.2) is 0 Å². The maximum atomic E-state index is 6.11. The van der Waals surface area contributed by atoms with Gasteiger partial charge in [-0.1, -0.05) is 30.3 Å². The molecule has 0 amide bonds. The predicted molar refractivity (Wildman–Crippen MR) is 78.7 cm³/mol. The monoisotopic (exact) mass is 271 g/mol. The fraction of sp³-hybridized carbons (Fsp3) is 0.412. The first-order valence-corrected chi connectivity index (χ1v) is 7.07. The lowest BCUT2D eigenvalue weighted by atomic mass is 9.91. The Morgan fingerprint density at radius 1 is 1.20 bits per heavy atom. The quantitative estimate of drug-likeness (QED) is 0.908. The predicted octanol–water partition coefficient (Wildman–Crippen LogP) is 3.47. The molecule has 3 heteroatoms. The standard InChI is InChI=1S/C17H21NO2/c1-12-9-15(13(2)20-12)16-10-18-17(3,11-19-16)14-7-5-4-6-8-14/h4-9,16,18H,10-11H2,1-3H3. The number of aryl methyl sites for hydroxylation is 2. The summed E-state index contributed by atoms with van der Waals surface area (Å²) in [6.07, 6.45) is 0.0734. The summed E-state index contributed by atoms with van der Waals surface area (Å²) in [7, 11) is 0. The highest BCUT2D eigenvalue weighted by Crippen LogP contribution is 2.32. The maximum absolute atomic E-state index is 6.11. The molecule has 2 unspecified atom stereocenters. The van der Waals surface area contributed by atoms with Gasteiger partial charge in [0.25, 0.3) is 0 Å². The molecular formula is C17H21NO2. The third-order valence-electron chi connectivity index (χ3n) is 4.09. The van der Waals surface area contributed by atoms with Crippen LogP contribution >= 0.6 is 0 Å². The number of furan rings is 1. The molecule has 1 saturated heterocycles. The fourth-order valence-corrected chi connectivity index (χ4v) is 2.86. The molecule has 1 fully saturated rings. The number of hydrogen-bond donors (Lipinski definition) is 1. The molecule has 3 rings (SSSR count). The van der Waals surface area contributed by atoms with E-state index in [4.69, 9.17) is 9.15 Å². The van der Waals surface area contributed by atoms with Gasteiger partial charge >= 0.3 is 0 Å². The second kappa shape index (κ2) is 5.08. The van der Waals surface area contributed by atoms with E-state index in [-0.39, 0.29) is 11.6 Å². The molecule has 1 N–H and O–H groups in total. The third kappa shape index (κ3) is 2.39. The minimum absolute atomic E-state index is 0.0734. The number of ether oxygens (including phenoxy) is 1. The van der Waals surface area contributed by atoms with Crippen molar-refractivity contribution in [2.45, 2.75) is 32.4 Å². The summed E-state index contributed by atoms with van der Waals surface area (Å²) < 4.78 is 11.7. The van der Waals surface area contributed by atoms with Crippen LogP contribution in [0.4, 0.5) is 0 Å². The summed E-state index contributed by atoms with van der Waals surface area (Å²) in [5.41, 5.74) is 2.30. The van der Waals surface area contributed by atoms with Crippen LogP contribution in [0.15, 0.2) is 40.8 Å². The highest BCUT2D eigenvalue weighted by molar-refractivity contribution is 5.27. The van der Waals surface area contributed by atoms with Crippen molar-refractivity contribution in [3.63, 3.8) is 0 Å². The third-order valence-corrected chi connectivity index (χ3v) is 4.09. The van der Waals surface area contributed by atoms with Crippen LogP contribution < -0.4 is 5.32 Å².